The summed E-state index contributed by atoms with van der Waals surface area (Å²) in [6.45, 7) is 4.03. The number of ketones is 2. The highest BCUT2D eigenvalue weighted by molar-refractivity contribution is 6.16. The fourth-order valence-corrected chi connectivity index (χ4v) is 4.27. The zero-order chi connectivity index (χ0) is 26.6. The van der Waals surface area contributed by atoms with Gasteiger partial charge in [0.15, 0.2) is 11.6 Å². The number of pyridine rings is 1. The van der Waals surface area contributed by atoms with Crippen LogP contribution in [0.4, 0.5) is 5.69 Å². The molecule has 5 rings (SSSR count). The van der Waals surface area contributed by atoms with Gasteiger partial charge in [-0.3, -0.25) is 19.4 Å². The number of amides is 1. The van der Waals surface area contributed by atoms with Crippen molar-refractivity contribution in [2.45, 2.75) is 26.3 Å². The molecule has 0 saturated carbocycles. The van der Waals surface area contributed by atoms with Crippen molar-refractivity contribution in [3.63, 3.8) is 0 Å². The van der Waals surface area contributed by atoms with Crippen molar-refractivity contribution in [1.29, 1.82) is 0 Å². The van der Waals surface area contributed by atoms with E-state index in [0.717, 1.165) is 5.56 Å². The van der Waals surface area contributed by atoms with Crippen molar-refractivity contribution in [2.24, 2.45) is 0 Å². The molecule has 0 spiro atoms. The van der Waals surface area contributed by atoms with Gasteiger partial charge in [-0.1, -0.05) is 54.6 Å². The van der Waals surface area contributed by atoms with E-state index in [2.05, 4.69) is 20.3 Å². The van der Waals surface area contributed by atoms with Gasteiger partial charge in [-0.2, -0.15) is 0 Å². The Morgan fingerprint density at radius 1 is 0.842 bits per heavy atom. The van der Waals surface area contributed by atoms with E-state index >= 15 is 0 Å². The number of nitrogens with one attached hydrogen (secondary N) is 1. The first-order chi connectivity index (χ1) is 18.4. The quantitative estimate of drug-likeness (QED) is 0.297. The topological polar surface area (TPSA) is 107 Å². The van der Waals surface area contributed by atoms with E-state index in [-0.39, 0.29) is 29.9 Å². The number of rotatable bonds is 8. The molecule has 1 N–H and O–H groups in total. The molecule has 0 bridgehead atoms. The zero-order valence-corrected chi connectivity index (χ0v) is 21.0. The first-order valence-electron chi connectivity index (χ1n) is 12.2. The van der Waals surface area contributed by atoms with Crippen molar-refractivity contribution in [2.75, 3.05) is 5.32 Å². The minimum absolute atomic E-state index is 0.0720. The third kappa shape index (κ3) is 5.10. The molecule has 38 heavy (non-hydrogen) atoms. The summed E-state index contributed by atoms with van der Waals surface area (Å²) in [6, 6.07) is 17.7. The second-order valence-corrected chi connectivity index (χ2v) is 9.21. The molecule has 0 aliphatic rings. The molecular weight excluding hydrogens is 478 g/mol. The average Bonchev–Trinajstić information content (AvgIpc) is 3.33. The van der Waals surface area contributed by atoms with E-state index in [0.29, 0.717) is 39.0 Å². The minimum Gasteiger partial charge on any atom is -0.329 e. The predicted octanol–water partition coefficient (Wildman–Crippen LogP) is 5.05. The van der Waals surface area contributed by atoms with E-state index < -0.39 is 0 Å². The number of benzene rings is 2. The van der Waals surface area contributed by atoms with E-state index in [1.165, 1.54) is 18.7 Å². The van der Waals surface area contributed by atoms with Crippen molar-refractivity contribution in [3.8, 4) is 0 Å². The molecule has 0 radical (unpaired) electrons. The van der Waals surface area contributed by atoms with Gasteiger partial charge in [0.2, 0.25) is 5.91 Å². The summed E-state index contributed by atoms with van der Waals surface area (Å²) in [6.07, 6.45) is 7.95. The fourth-order valence-electron chi connectivity index (χ4n) is 4.27. The molecule has 0 saturated heterocycles. The Morgan fingerprint density at radius 3 is 2.32 bits per heavy atom. The summed E-state index contributed by atoms with van der Waals surface area (Å²) in [5.41, 5.74) is 3.85. The number of aromatic nitrogens is 4. The van der Waals surface area contributed by atoms with Crippen LogP contribution in [0.2, 0.25) is 0 Å². The standard InChI is InChI=1S/C30H25N5O3/c1-19(2)35-17-26(25-16-32-18-33-30(25)35)29(38)23-13-24(15-31-14-23)34-27(36)12-20-8-10-22(11-9-20)28(37)21-6-4-3-5-7-21/h3-11,13-19H,12H2,1-2H3,(H,34,36). The molecule has 3 aromatic heterocycles. The van der Waals surface area contributed by atoms with Gasteiger partial charge in [-0.05, 0) is 25.5 Å². The van der Waals surface area contributed by atoms with Crippen LogP contribution in [-0.2, 0) is 11.2 Å². The number of fused-ring (bicyclic) bond motifs is 1. The molecule has 5 aromatic rings. The van der Waals surface area contributed by atoms with Gasteiger partial charge >= 0.3 is 0 Å². The van der Waals surface area contributed by atoms with Gasteiger partial charge in [0.1, 0.15) is 12.0 Å². The number of carbonyl (C=O) groups excluding carboxylic acids is 3. The first kappa shape index (κ1) is 24.7. The number of nitrogens with zero attached hydrogens (tertiary/aromatic N) is 4. The Morgan fingerprint density at radius 2 is 1.58 bits per heavy atom. The summed E-state index contributed by atoms with van der Waals surface area (Å²) in [5, 5.41) is 3.47. The lowest BCUT2D eigenvalue weighted by molar-refractivity contribution is -0.115. The summed E-state index contributed by atoms with van der Waals surface area (Å²) < 4.78 is 1.93. The van der Waals surface area contributed by atoms with Crippen molar-refractivity contribution in [3.05, 3.63) is 120 Å². The summed E-state index contributed by atoms with van der Waals surface area (Å²) in [4.78, 5) is 51.3. The third-order valence-corrected chi connectivity index (χ3v) is 6.20. The average molecular weight is 504 g/mol. The van der Waals surface area contributed by atoms with Gasteiger partial charge in [0.25, 0.3) is 0 Å². The maximum Gasteiger partial charge on any atom is 0.228 e. The van der Waals surface area contributed by atoms with Gasteiger partial charge in [0, 0.05) is 46.7 Å². The highest BCUT2D eigenvalue weighted by atomic mass is 16.1. The van der Waals surface area contributed by atoms with Gasteiger partial charge in [0.05, 0.1) is 23.9 Å². The summed E-state index contributed by atoms with van der Waals surface area (Å²) in [7, 11) is 0. The maximum atomic E-state index is 13.4. The largest absolute Gasteiger partial charge is 0.329 e. The van der Waals surface area contributed by atoms with Crippen molar-refractivity contribution >= 4 is 34.2 Å². The molecular formula is C30H25N5O3. The highest BCUT2D eigenvalue weighted by Gasteiger charge is 2.20. The van der Waals surface area contributed by atoms with Crippen LogP contribution in [0.25, 0.3) is 11.0 Å². The van der Waals surface area contributed by atoms with Gasteiger partial charge in [-0.25, -0.2) is 9.97 Å². The monoisotopic (exact) mass is 503 g/mol. The van der Waals surface area contributed by atoms with E-state index in [1.807, 2.05) is 36.6 Å². The number of anilines is 1. The predicted molar refractivity (Wildman–Crippen MR) is 144 cm³/mol. The Balaban J connectivity index is 1.28. The second-order valence-electron chi connectivity index (χ2n) is 9.21. The molecule has 2 aromatic carbocycles. The fraction of sp³-hybridized carbons (Fsp3) is 0.133. The number of hydrogen-bond donors (Lipinski definition) is 1. The molecule has 0 aliphatic heterocycles. The minimum atomic E-state index is -0.261. The first-order valence-corrected chi connectivity index (χ1v) is 12.2. The maximum absolute atomic E-state index is 13.4. The SMILES string of the molecule is CC(C)n1cc(C(=O)c2cncc(NC(=O)Cc3ccc(C(=O)c4ccccc4)cc3)c2)c2cncnc21. The normalized spacial score (nSPS) is 11.0. The van der Waals surface area contributed by atoms with Crippen molar-refractivity contribution < 1.29 is 14.4 Å². The molecule has 0 unspecified atom stereocenters. The van der Waals surface area contributed by atoms with E-state index in [4.69, 9.17) is 0 Å². The lowest BCUT2D eigenvalue weighted by atomic mass is 10.0. The smallest absolute Gasteiger partial charge is 0.228 e. The van der Waals surface area contributed by atoms with Crippen LogP contribution in [0.1, 0.15) is 57.3 Å². The van der Waals surface area contributed by atoms with Crippen LogP contribution in [-0.4, -0.2) is 37.0 Å². The molecule has 188 valence electrons. The second kappa shape index (κ2) is 10.6. The molecule has 3 heterocycles. The summed E-state index contributed by atoms with van der Waals surface area (Å²) in [5.74, 6) is -0.563. The third-order valence-electron chi connectivity index (χ3n) is 6.20. The van der Waals surface area contributed by atoms with Crippen LogP contribution < -0.4 is 5.32 Å². The lowest BCUT2D eigenvalue weighted by Crippen LogP contribution is -2.15. The van der Waals surface area contributed by atoms with Crippen molar-refractivity contribution in [1.82, 2.24) is 19.5 Å². The molecule has 8 heteroatoms. The number of carbonyl (C=O) groups is 3. The van der Waals surface area contributed by atoms with E-state index in [9.17, 15) is 14.4 Å². The number of hydrogen-bond acceptors (Lipinski definition) is 6. The zero-order valence-electron chi connectivity index (χ0n) is 21.0. The Kier molecular flexibility index (Phi) is 6.86. The molecule has 8 nitrogen and oxygen atoms in total. The Labute approximate surface area is 219 Å². The lowest BCUT2D eigenvalue weighted by Gasteiger charge is -2.08. The van der Waals surface area contributed by atoms with Crippen LogP contribution in [0.15, 0.2) is 91.8 Å². The molecule has 0 atom stereocenters. The van der Waals surface area contributed by atoms with Crippen LogP contribution in [0.5, 0.6) is 0 Å². The Hall–Kier alpha value is -4.98. The Bertz CT molecular complexity index is 1640. The summed E-state index contributed by atoms with van der Waals surface area (Å²) >= 11 is 0. The van der Waals surface area contributed by atoms with Crippen LogP contribution in [0, 0.1) is 0 Å². The molecule has 0 fully saturated rings. The van der Waals surface area contributed by atoms with E-state index in [1.54, 1.807) is 54.9 Å². The highest BCUT2D eigenvalue weighted by Crippen LogP contribution is 2.25. The van der Waals surface area contributed by atoms with Crippen LogP contribution in [0.3, 0.4) is 0 Å². The molecule has 0 aliphatic carbocycles. The van der Waals surface area contributed by atoms with Gasteiger partial charge < -0.3 is 9.88 Å². The van der Waals surface area contributed by atoms with Gasteiger partial charge in [-0.15, -0.1) is 0 Å². The van der Waals surface area contributed by atoms with Crippen LogP contribution >= 0.6 is 0 Å². The molecule has 1 amide bonds.